The van der Waals surface area contributed by atoms with E-state index in [1.54, 1.807) is 12.1 Å². The quantitative estimate of drug-likeness (QED) is 0.729. The third-order valence-electron chi connectivity index (χ3n) is 4.75. The highest BCUT2D eigenvalue weighted by atomic mass is 32.2. The Bertz CT molecular complexity index is 1330. The van der Waals surface area contributed by atoms with Crippen LogP contribution < -0.4 is 15.4 Å². The predicted octanol–water partition coefficient (Wildman–Crippen LogP) is 1.36. The van der Waals surface area contributed by atoms with Crippen LogP contribution in [0.3, 0.4) is 0 Å². The molecule has 31 heavy (non-hydrogen) atoms. The molecule has 2 aliphatic rings. The first-order valence-electron chi connectivity index (χ1n) is 8.78. The van der Waals surface area contributed by atoms with E-state index in [2.05, 4.69) is 10.6 Å². The van der Waals surface area contributed by atoms with Crippen molar-refractivity contribution in [1.82, 2.24) is 9.62 Å². The van der Waals surface area contributed by atoms with E-state index in [0.29, 0.717) is 4.31 Å². The average molecular weight is 441 g/mol. The van der Waals surface area contributed by atoms with Gasteiger partial charge in [-0.25, -0.2) is 21.9 Å². The second-order valence-corrected chi connectivity index (χ2v) is 8.45. The maximum absolute atomic E-state index is 14.3. The van der Waals surface area contributed by atoms with Crippen LogP contribution in [0.15, 0.2) is 35.2 Å². The molecule has 0 spiro atoms. The summed E-state index contributed by atoms with van der Waals surface area (Å²) in [6.07, 6.45) is 0. The minimum atomic E-state index is -4.48. The van der Waals surface area contributed by atoms with Crippen molar-refractivity contribution in [2.45, 2.75) is 10.9 Å². The van der Waals surface area contributed by atoms with E-state index in [1.807, 2.05) is 0 Å². The van der Waals surface area contributed by atoms with Gasteiger partial charge in [0.1, 0.15) is 35.7 Å². The van der Waals surface area contributed by atoms with E-state index in [9.17, 15) is 27.7 Å². The molecular formula is C19H12FN5O5S. The van der Waals surface area contributed by atoms with Gasteiger partial charge in [-0.3, -0.25) is 4.79 Å². The third kappa shape index (κ3) is 3.29. The first-order chi connectivity index (χ1) is 14.8. The monoisotopic (exact) mass is 441 g/mol. The smallest absolute Gasteiger partial charge is 0.336 e. The van der Waals surface area contributed by atoms with Crippen LogP contribution in [0.2, 0.25) is 0 Å². The maximum Gasteiger partial charge on any atom is 0.336 e. The molecule has 0 aromatic heterocycles. The van der Waals surface area contributed by atoms with Gasteiger partial charge in [-0.05, 0) is 24.3 Å². The number of hydrogen-bond donors (Lipinski definition) is 2. The number of rotatable bonds is 3. The summed E-state index contributed by atoms with van der Waals surface area (Å²) in [5.41, 5.74) is -0.174. The fourth-order valence-electron chi connectivity index (χ4n) is 3.41. The first-order valence-corrected chi connectivity index (χ1v) is 10.2. The van der Waals surface area contributed by atoms with E-state index in [1.165, 1.54) is 24.3 Å². The van der Waals surface area contributed by atoms with Crippen LogP contribution in [0.4, 0.5) is 14.9 Å². The Morgan fingerprint density at radius 3 is 2.81 bits per heavy atom. The van der Waals surface area contributed by atoms with Crippen LogP contribution in [0.1, 0.15) is 22.7 Å². The van der Waals surface area contributed by atoms with Crippen molar-refractivity contribution < 1.29 is 27.1 Å². The molecule has 0 radical (unpaired) electrons. The number of nitrogens with one attached hydrogen (secondary N) is 2. The summed E-state index contributed by atoms with van der Waals surface area (Å²) >= 11 is 0. The number of carbonyl (C=O) groups is 2. The standard InChI is InChI=1S/C19H12FN5O5S/c20-12-4-10(6-21)5-15-17(12)14(9-30-15)23-16(26)8-25-19(27)24-13-3-1-2-11(7-22)18(13)31(25,28)29/h1-5,14H,8-9H2,(H,23,26)(H,24,27)/t14-/m0/s1. The minimum Gasteiger partial charge on any atom is -0.491 e. The molecule has 0 saturated carbocycles. The lowest BCUT2D eigenvalue weighted by atomic mass is 10.1. The molecule has 0 saturated heterocycles. The molecule has 0 fully saturated rings. The number of halogens is 1. The molecule has 2 aliphatic heterocycles. The van der Waals surface area contributed by atoms with Crippen LogP contribution in [0.25, 0.3) is 0 Å². The van der Waals surface area contributed by atoms with Crippen LogP contribution in [0, 0.1) is 28.5 Å². The highest BCUT2D eigenvalue weighted by Gasteiger charge is 2.40. The van der Waals surface area contributed by atoms with Crippen LogP contribution >= 0.6 is 0 Å². The molecule has 2 N–H and O–H groups in total. The summed E-state index contributed by atoms with van der Waals surface area (Å²) in [7, 11) is -4.48. The van der Waals surface area contributed by atoms with Crippen molar-refractivity contribution >= 4 is 27.6 Å². The summed E-state index contributed by atoms with van der Waals surface area (Å²) in [4.78, 5) is 24.4. The van der Waals surface area contributed by atoms with Crippen LogP contribution in [-0.2, 0) is 14.8 Å². The molecule has 0 aliphatic carbocycles. The van der Waals surface area contributed by atoms with E-state index >= 15 is 0 Å². The van der Waals surface area contributed by atoms with E-state index in [4.69, 9.17) is 10.00 Å². The predicted molar refractivity (Wildman–Crippen MR) is 102 cm³/mol. The normalized spacial score (nSPS) is 18.0. The Morgan fingerprint density at radius 1 is 1.32 bits per heavy atom. The number of fused-ring (bicyclic) bond motifs is 2. The number of ether oxygens (including phenoxy) is 1. The number of hydrogen-bond acceptors (Lipinski definition) is 7. The Morgan fingerprint density at radius 2 is 2.10 bits per heavy atom. The summed E-state index contributed by atoms with van der Waals surface area (Å²) in [6.45, 7) is -1.02. The van der Waals surface area contributed by atoms with E-state index < -0.39 is 45.3 Å². The molecular weight excluding hydrogens is 429 g/mol. The zero-order chi connectivity index (χ0) is 22.3. The Labute approximate surface area is 175 Å². The van der Waals surface area contributed by atoms with Gasteiger partial charge < -0.3 is 15.4 Å². The number of urea groups is 1. The van der Waals surface area contributed by atoms with Gasteiger partial charge in [0.2, 0.25) is 5.91 Å². The number of nitriles is 2. The second-order valence-electron chi connectivity index (χ2n) is 6.65. The van der Waals surface area contributed by atoms with Crippen LogP contribution in [0.5, 0.6) is 5.75 Å². The summed E-state index contributed by atoms with van der Waals surface area (Å²) in [5, 5.41) is 22.9. The largest absolute Gasteiger partial charge is 0.491 e. The summed E-state index contributed by atoms with van der Waals surface area (Å²) in [5.74, 6) is -1.55. The van der Waals surface area contributed by atoms with Gasteiger partial charge in [-0.2, -0.15) is 10.5 Å². The molecule has 4 rings (SSSR count). The van der Waals surface area contributed by atoms with E-state index in [-0.39, 0.29) is 34.7 Å². The highest BCUT2D eigenvalue weighted by molar-refractivity contribution is 7.90. The molecule has 3 amide bonds. The number of benzene rings is 2. The van der Waals surface area contributed by atoms with Crippen molar-refractivity contribution in [2.75, 3.05) is 18.5 Å². The maximum atomic E-state index is 14.3. The van der Waals surface area contributed by atoms with Gasteiger partial charge in [0.15, 0.2) is 0 Å². The van der Waals surface area contributed by atoms with Crippen molar-refractivity contribution in [3.8, 4) is 17.9 Å². The molecule has 12 heteroatoms. The fourth-order valence-corrected chi connectivity index (χ4v) is 4.97. The first kappa shape index (κ1) is 20.1. The highest BCUT2D eigenvalue weighted by Crippen LogP contribution is 2.36. The lowest BCUT2D eigenvalue weighted by Gasteiger charge is -2.29. The molecule has 156 valence electrons. The topological polar surface area (TPSA) is 152 Å². The number of anilines is 1. The van der Waals surface area contributed by atoms with Crippen LogP contribution in [-0.4, -0.2) is 37.8 Å². The van der Waals surface area contributed by atoms with Crippen molar-refractivity contribution in [3.05, 3.63) is 52.8 Å². The van der Waals surface area contributed by atoms with Gasteiger partial charge >= 0.3 is 6.03 Å². The van der Waals surface area contributed by atoms with Gasteiger partial charge in [0, 0.05) is 0 Å². The second kappa shape index (κ2) is 7.27. The zero-order valence-electron chi connectivity index (χ0n) is 15.5. The molecule has 0 unspecified atom stereocenters. The number of amides is 3. The average Bonchev–Trinajstić information content (AvgIpc) is 3.13. The Hall–Kier alpha value is -4.16. The molecule has 2 aromatic rings. The number of nitrogens with zero attached hydrogens (tertiary/aromatic N) is 3. The molecule has 0 bridgehead atoms. The molecule has 10 nitrogen and oxygen atoms in total. The molecule has 1 atom stereocenters. The number of carbonyl (C=O) groups excluding carboxylic acids is 2. The van der Waals surface area contributed by atoms with Crippen molar-refractivity contribution in [2.24, 2.45) is 0 Å². The fraction of sp³-hybridized carbons (Fsp3) is 0.158. The zero-order valence-corrected chi connectivity index (χ0v) is 16.4. The summed E-state index contributed by atoms with van der Waals surface area (Å²) < 4.78 is 45.8. The number of sulfonamides is 1. The minimum absolute atomic E-state index is 0.0235. The van der Waals surface area contributed by atoms with Gasteiger partial charge in [-0.1, -0.05) is 6.07 Å². The lowest BCUT2D eigenvalue weighted by Crippen LogP contribution is -2.49. The molecule has 2 aromatic carbocycles. The van der Waals surface area contributed by atoms with Gasteiger partial charge in [0.25, 0.3) is 10.0 Å². The van der Waals surface area contributed by atoms with Gasteiger partial charge in [-0.15, -0.1) is 0 Å². The van der Waals surface area contributed by atoms with Crippen molar-refractivity contribution in [1.29, 1.82) is 10.5 Å². The van der Waals surface area contributed by atoms with Gasteiger partial charge in [0.05, 0.1) is 34.5 Å². The Kier molecular flexibility index (Phi) is 4.72. The molecule has 2 heterocycles. The lowest BCUT2D eigenvalue weighted by molar-refractivity contribution is -0.121. The Balaban J connectivity index is 1.58. The summed E-state index contributed by atoms with van der Waals surface area (Å²) in [6, 6.07) is 7.88. The van der Waals surface area contributed by atoms with E-state index in [0.717, 1.165) is 6.07 Å². The third-order valence-corrected chi connectivity index (χ3v) is 6.58. The SMILES string of the molecule is N#Cc1cc(F)c2c(c1)OC[C@@H]2NC(=O)CN1C(=O)Nc2cccc(C#N)c2S1(=O)=O. The van der Waals surface area contributed by atoms with Crippen molar-refractivity contribution in [3.63, 3.8) is 0 Å².